The fraction of sp³-hybridized carbons (Fsp3) is 0.174. The van der Waals surface area contributed by atoms with Gasteiger partial charge in [-0.15, -0.1) is 0 Å². The van der Waals surface area contributed by atoms with E-state index in [1.807, 2.05) is 6.92 Å². The van der Waals surface area contributed by atoms with Gasteiger partial charge < -0.3 is 10.1 Å². The summed E-state index contributed by atoms with van der Waals surface area (Å²) in [6, 6.07) is 16.4. The van der Waals surface area contributed by atoms with Crippen molar-refractivity contribution in [2.45, 2.75) is 18.4 Å². The maximum absolute atomic E-state index is 13.0. The van der Waals surface area contributed by atoms with Crippen LogP contribution in [-0.2, 0) is 16.6 Å². The number of hydrogen-bond donors (Lipinski definition) is 1. The summed E-state index contributed by atoms with van der Waals surface area (Å²) in [6.07, 6.45) is 0. The van der Waals surface area contributed by atoms with Gasteiger partial charge in [0.15, 0.2) is 0 Å². The van der Waals surface area contributed by atoms with E-state index in [0.717, 1.165) is 5.56 Å². The second-order valence-electron chi connectivity index (χ2n) is 7.16. The molecule has 3 aromatic carbocycles. The van der Waals surface area contributed by atoms with Crippen molar-refractivity contribution in [2.75, 3.05) is 19.5 Å². The highest BCUT2D eigenvalue weighted by Gasteiger charge is 2.23. The van der Waals surface area contributed by atoms with Crippen LogP contribution in [0.1, 0.15) is 21.5 Å². The first-order valence-corrected chi connectivity index (χ1v) is 11.8. The number of nitrogens with one attached hydrogen (secondary N) is 1. The molecule has 0 aromatic heterocycles. The third-order valence-corrected chi connectivity index (χ3v) is 7.50. The molecule has 0 saturated heterocycles. The molecule has 1 amide bonds. The van der Waals surface area contributed by atoms with Gasteiger partial charge in [0, 0.05) is 24.7 Å². The molecule has 1 N–H and O–H groups in total. The fourth-order valence-electron chi connectivity index (χ4n) is 3.05. The van der Waals surface area contributed by atoms with Gasteiger partial charge in [-0.25, -0.2) is 8.42 Å². The van der Waals surface area contributed by atoms with Crippen molar-refractivity contribution in [1.82, 2.24) is 4.31 Å². The summed E-state index contributed by atoms with van der Waals surface area (Å²) in [5.41, 5.74) is 2.20. The summed E-state index contributed by atoms with van der Waals surface area (Å²) < 4.78 is 32.5. The van der Waals surface area contributed by atoms with E-state index in [1.165, 1.54) is 18.5 Å². The largest absolute Gasteiger partial charge is 0.496 e. The van der Waals surface area contributed by atoms with Crippen molar-refractivity contribution in [1.29, 1.82) is 0 Å². The van der Waals surface area contributed by atoms with Gasteiger partial charge in [-0.2, -0.15) is 4.31 Å². The molecule has 9 heteroatoms. The first-order chi connectivity index (χ1) is 15.1. The minimum Gasteiger partial charge on any atom is -0.496 e. The van der Waals surface area contributed by atoms with Crippen molar-refractivity contribution in [3.8, 4) is 5.75 Å². The molecule has 0 atom stereocenters. The Morgan fingerprint density at radius 1 is 1.06 bits per heavy atom. The highest BCUT2D eigenvalue weighted by atomic mass is 35.5. The van der Waals surface area contributed by atoms with E-state index in [9.17, 15) is 13.2 Å². The van der Waals surface area contributed by atoms with Gasteiger partial charge in [0.05, 0.1) is 27.7 Å². The number of benzene rings is 3. The first kappa shape index (κ1) is 24.1. The van der Waals surface area contributed by atoms with Crippen LogP contribution in [0.2, 0.25) is 10.0 Å². The predicted octanol–water partition coefficient (Wildman–Crippen LogP) is 5.38. The number of amides is 1. The van der Waals surface area contributed by atoms with Crippen molar-refractivity contribution >= 4 is 44.8 Å². The van der Waals surface area contributed by atoms with Crippen molar-refractivity contribution in [2.24, 2.45) is 0 Å². The summed E-state index contributed by atoms with van der Waals surface area (Å²) >= 11 is 12.2. The highest BCUT2D eigenvalue weighted by Crippen LogP contribution is 2.30. The maximum atomic E-state index is 13.0. The number of carbonyl (C=O) groups excluding carboxylic acids is 1. The fourth-order valence-corrected chi connectivity index (χ4v) is 4.55. The summed E-state index contributed by atoms with van der Waals surface area (Å²) in [5.74, 6) is 0.0513. The molecule has 0 heterocycles. The predicted molar refractivity (Wildman–Crippen MR) is 127 cm³/mol. The van der Waals surface area contributed by atoms with Gasteiger partial charge >= 0.3 is 0 Å². The third kappa shape index (κ3) is 5.24. The lowest BCUT2D eigenvalue weighted by molar-refractivity contribution is 0.102. The zero-order chi connectivity index (χ0) is 23.5. The third-order valence-electron chi connectivity index (χ3n) is 4.86. The van der Waals surface area contributed by atoms with Crippen LogP contribution in [0.4, 0.5) is 5.69 Å². The molecule has 0 unspecified atom stereocenters. The van der Waals surface area contributed by atoms with Gasteiger partial charge in [0.1, 0.15) is 5.75 Å². The van der Waals surface area contributed by atoms with Crippen LogP contribution in [0, 0.1) is 6.92 Å². The monoisotopic (exact) mass is 492 g/mol. The number of hydrogen-bond acceptors (Lipinski definition) is 4. The summed E-state index contributed by atoms with van der Waals surface area (Å²) in [5, 5.41) is 3.28. The van der Waals surface area contributed by atoms with E-state index in [0.29, 0.717) is 27.6 Å². The van der Waals surface area contributed by atoms with Crippen LogP contribution in [0.3, 0.4) is 0 Å². The van der Waals surface area contributed by atoms with Crippen LogP contribution in [0.15, 0.2) is 65.6 Å². The minimum atomic E-state index is -3.73. The average Bonchev–Trinajstić information content (AvgIpc) is 2.77. The number of methoxy groups -OCH3 is 1. The molecule has 6 nitrogen and oxygen atoms in total. The molecule has 3 rings (SSSR count). The molecule has 0 radical (unpaired) electrons. The molecule has 0 aliphatic heterocycles. The number of ether oxygens (including phenoxy) is 1. The van der Waals surface area contributed by atoms with E-state index in [1.54, 1.807) is 60.7 Å². The lowest BCUT2D eigenvalue weighted by Crippen LogP contribution is -2.27. The Bertz CT molecular complexity index is 1250. The summed E-state index contributed by atoms with van der Waals surface area (Å²) in [4.78, 5) is 13.0. The lowest BCUT2D eigenvalue weighted by Gasteiger charge is -2.19. The van der Waals surface area contributed by atoms with Crippen LogP contribution < -0.4 is 10.1 Å². The smallest absolute Gasteiger partial charge is 0.255 e. The van der Waals surface area contributed by atoms with Crippen molar-refractivity contribution in [3.63, 3.8) is 0 Å². The minimum absolute atomic E-state index is 0.0123. The quantitative estimate of drug-likeness (QED) is 0.479. The van der Waals surface area contributed by atoms with Crippen molar-refractivity contribution < 1.29 is 17.9 Å². The Kier molecular flexibility index (Phi) is 7.46. The number of aryl methyl sites for hydroxylation is 1. The molecule has 0 aliphatic rings. The Hall–Kier alpha value is -2.58. The normalized spacial score (nSPS) is 11.4. The van der Waals surface area contributed by atoms with E-state index >= 15 is 0 Å². The van der Waals surface area contributed by atoms with Gasteiger partial charge in [-0.1, -0.05) is 47.0 Å². The topological polar surface area (TPSA) is 75.7 Å². The van der Waals surface area contributed by atoms with Crippen molar-refractivity contribution in [3.05, 3.63) is 87.4 Å². The first-order valence-electron chi connectivity index (χ1n) is 9.58. The van der Waals surface area contributed by atoms with E-state index < -0.39 is 15.9 Å². The Balaban J connectivity index is 1.86. The second-order valence-corrected chi connectivity index (χ2v) is 9.99. The molecule has 0 saturated carbocycles. The van der Waals surface area contributed by atoms with Crippen LogP contribution >= 0.6 is 23.2 Å². The molecule has 168 valence electrons. The average molecular weight is 493 g/mol. The lowest BCUT2D eigenvalue weighted by atomic mass is 10.1. The molecule has 3 aromatic rings. The van der Waals surface area contributed by atoms with E-state index in [4.69, 9.17) is 27.9 Å². The molecule has 0 bridgehead atoms. The summed E-state index contributed by atoms with van der Waals surface area (Å²) in [6.45, 7) is 1.90. The zero-order valence-electron chi connectivity index (χ0n) is 17.7. The van der Waals surface area contributed by atoms with Crippen LogP contribution in [0.5, 0.6) is 5.75 Å². The van der Waals surface area contributed by atoms with Gasteiger partial charge in [-0.05, 0) is 49.4 Å². The Morgan fingerprint density at radius 2 is 1.75 bits per heavy atom. The molecular weight excluding hydrogens is 471 g/mol. The van der Waals surface area contributed by atoms with Gasteiger partial charge in [0.25, 0.3) is 5.91 Å². The molecule has 32 heavy (non-hydrogen) atoms. The van der Waals surface area contributed by atoms with Gasteiger partial charge in [-0.3, -0.25) is 4.79 Å². The Labute approximate surface area is 197 Å². The second kappa shape index (κ2) is 9.92. The highest BCUT2D eigenvalue weighted by molar-refractivity contribution is 7.89. The molecule has 0 fully saturated rings. The standard InChI is InChI=1S/C23H22Cl2N2O4S/c1-15-7-10-18(11-8-15)32(29,30)27(2)14-17-13-16(9-12-21(17)31-3)23(28)26-20-6-4-5-19(24)22(20)25/h4-13H,14H2,1-3H3,(H,26,28). The molecule has 0 aliphatic carbocycles. The van der Waals surface area contributed by atoms with Gasteiger partial charge in [0.2, 0.25) is 10.0 Å². The number of rotatable bonds is 7. The SMILES string of the molecule is COc1ccc(C(=O)Nc2cccc(Cl)c2Cl)cc1CN(C)S(=O)(=O)c1ccc(C)cc1. The maximum Gasteiger partial charge on any atom is 0.255 e. The number of halogens is 2. The molecular formula is C23H22Cl2N2O4S. The summed E-state index contributed by atoms with van der Waals surface area (Å²) in [7, 11) is -0.762. The number of carbonyl (C=O) groups is 1. The van der Waals surface area contributed by atoms with Crippen LogP contribution in [0.25, 0.3) is 0 Å². The zero-order valence-corrected chi connectivity index (χ0v) is 20.1. The van der Waals surface area contributed by atoms with E-state index in [2.05, 4.69) is 5.32 Å². The number of sulfonamides is 1. The Morgan fingerprint density at radius 3 is 2.41 bits per heavy atom. The number of anilines is 1. The molecule has 0 spiro atoms. The van der Waals surface area contributed by atoms with Crippen LogP contribution in [-0.4, -0.2) is 32.8 Å². The number of nitrogens with zero attached hydrogens (tertiary/aromatic N) is 1. The van der Waals surface area contributed by atoms with E-state index in [-0.39, 0.29) is 16.5 Å².